The van der Waals surface area contributed by atoms with Crippen molar-refractivity contribution in [2.24, 2.45) is 0 Å². The van der Waals surface area contributed by atoms with E-state index in [0.717, 1.165) is 22.6 Å². The van der Waals surface area contributed by atoms with Crippen LogP contribution in [-0.2, 0) is 16.1 Å². The number of benzene rings is 2. The van der Waals surface area contributed by atoms with Gasteiger partial charge in [0.25, 0.3) is 0 Å². The minimum atomic E-state index is -0.453. The van der Waals surface area contributed by atoms with Crippen molar-refractivity contribution >= 4 is 12.0 Å². The standard InChI is InChI=1S/C22H19N3O4/c1-16-6-2-4-8-19(16)25-13-18(23-24-25)14-27-22(26)9-5-3-7-17-10-11-20-21(12-17)29-15-28-20/h2-13H,14-15H2,1H3/b7-3+,9-5+. The van der Waals surface area contributed by atoms with Crippen LogP contribution >= 0.6 is 0 Å². The largest absolute Gasteiger partial charge is 0.456 e. The molecule has 0 N–H and O–H groups in total. The van der Waals surface area contributed by atoms with Crippen LogP contribution in [0.15, 0.2) is 66.9 Å². The molecule has 146 valence electrons. The summed E-state index contributed by atoms with van der Waals surface area (Å²) in [4.78, 5) is 11.9. The van der Waals surface area contributed by atoms with Gasteiger partial charge in [-0.15, -0.1) is 5.10 Å². The molecule has 3 aromatic rings. The van der Waals surface area contributed by atoms with Gasteiger partial charge in [0.15, 0.2) is 11.5 Å². The number of hydrogen-bond donors (Lipinski definition) is 0. The number of fused-ring (bicyclic) bond motifs is 1. The van der Waals surface area contributed by atoms with Crippen LogP contribution in [-0.4, -0.2) is 27.8 Å². The van der Waals surface area contributed by atoms with Crippen molar-refractivity contribution in [2.75, 3.05) is 6.79 Å². The number of aryl methyl sites for hydroxylation is 1. The van der Waals surface area contributed by atoms with Crippen LogP contribution in [0.25, 0.3) is 11.8 Å². The van der Waals surface area contributed by atoms with Crippen LogP contribution in [0.5, 0.6) is 11.5 Å². The van der Waals surface area contributed by atoms with Gasteiger partial charge in [0.1, 0.15) is 12.3 Å². The summed E-state index contributed by atoms with van der Waals surface area (Å²) in [5.41, 5.74) is 3.54. The van der Waals surface area contributed by atoms with Gasteiger partial charge in [-0.2, -0.15) is 0 Å². The smallest absolute Gasteiger partial charge is 0.331 e. The molecule has 0 saturated heterocycles. The van der Waals surface area contributed by atoms with Crippen molar-refractivity contribution in [3.63, 3.8) is 0 Å². The molecule has 7 heteroatoms. The van der Waals surface area contributed by atoms with Gasteiger partial charge < -0.3 is 14.2 Å². The number of para-hydroxylation sites is 1. The lowest BCUT2D eigenvalue weighted by molar-refractivity contribution is -0.139. The Morgan fingerprint density at radius 3 is 2.93 bits per heavy atom. The molecule has 1 aliphatic rings. The summed E-state index contributed by atoms with van der Waals surface area (Å²) in [6.07, 6.45) is 8.35. The second-order valence-corrected chi connectivity index (χ2v) is 6.38. The molecule has 0 fully saturated rings. The number of ether oxygens (including phenoxy) is 3. The van der Waals surface area contributed by atoms with E-state index in [1.165, 1.54) is 6.08 Å². The number of esters is 1. The van der Waals surface area contributed by atoms with Gasteiger partial charge in [0, 0.05) is 6.08 Å². The SMILES string of the molecule is Cc1ccccc1-n1cc(COC(=O)/C=C/C=C/c2ccc3c(c2)OCO3)nn1. The molecule has 0 amide bonds. The van der Waals surface area contributed by atoms with E-state index in [4.69, 9.17) is 14.2 Å². The van der Waals surface area contributed by atoms with E-state index in [1.54, 1.807) is 23.0 Å². The van der Waals surface area contributed by atoms with Crippen molar-refractivity contribution in [3.05, 3.63) is 83.7 Å². The third kappa shape index (κ3) is 4.52. The Morgan fingerprint density at radius 1 is 1.17 bits per heavy atom. The fourth-order valence-electron chi connectivity index (χ4n) is 2.81. The average Bonchev–Trinajstić information content (AvgIpc) is 3.39. The second kappa shape index (κ2) is 8.43. The Hall–Kier alpha value is -3.87. The van der Waals surface area contributed by atoms with Gasteiger partial charge in [-0.1, -0.05) is 47.7 Å². The normalized spacial score (nSPS) is 12.7. The van der Waals surface area contributed by atoms with Crippen molar-refractivity contribution < 1.29 is 19.0 Å². The Kier molecular flexibility index (Phi) is 5.38. The number of carbonyl (C=O) groups excluding carboxylic acids is 1. The number of hydrogen-bond acceptors (Lipinski definition) is 6. The Labute approximate surface area is 167 Å². The van der Waals surface area contributed by atoms with E-state index in [1.807, 2.05) is 55.5 Å². The van der Waals surface area contributed by atoms with Gasteiger partial charge in [-0.25, -0.2) is 9.48 Å². The van der Waals surface area contributed by atoms with Gasteiger partial charge in [0.05, 0.1) is 11.9 Å². The minimum Gasteiger partial charge on any atom is -0.456 e. The number of allylic oxidation sites excluding steroid dienone is 2. The van der Waals surface area contributed by atoms with Crippen molar-refractivity contribution in [1.29, 1.82) is 0 Å². The van der Waals surface area contributed by atoms with Crippen LogP contribution in [0.2, 0.25) is 0 Å². The van der Waals surface area contributed by atoms with Crippen LogP contribution in [0.4, 0.5) is 0 Å². The first-order valence-corrected chi connectivity index (χ1v) is 9.07. The Balaban J connectivity index is 1.28. The van der Waals surface area contributed by atoms with Crippen molar-refractivity contribution in [2.45, 2.75) is 13.5 Å². The zero-order valence-electron chi connectivity index (χ0n) is 15.8. The van der Waals surface area contributed by atoms with Crippen molar-refractivity contribution in [3.8, 4) is 17.2 Å². The topological polar surface area (TPSA) is 75.5 Å². The summed E-state index contributed by atoms with van der Waals surface area (Å²) in [6, 6.07) is 13.5. The number of carbonyl (C=O) groups is 1. The van der Waals surface area contributed by atoms with E-state index in [0.29, 0.717) is 11.4 Å². The highest BCUT2D eigenvalue weighted by molar-refractivity contribution is 5.82. The lowest BCUT2D eigenvalue weighted by Crippen LogP contribution is -2.01. The first kappa shape index (κ1) is 18.5. The predicted molar refractivity (Wildman–Crippen MR) is 107 cm³/mol. The molecule has 0 unspecified atom stereocenters. The highest BCUT2D eigenvalue weighted by atomic mass is 16.7. The molecule has 1 aromatic heterocycles. The van der Waals surface area contributed by atoms with Gasteiger partial charge in [-0.05, 0) is 36.2 Å². The summed E-state index contributed by atoms with van der Waals surface area (Å²) in [5, 5.41) is 8.13. The maximum Gasteiger partial charge on any atom is 0.331 e. The fourth-order valence-corrected chi connectivity index (χ4v) is 2.81. The zero-order valence-corrected chi connectivity index (χ0v) is 15.8. The quantitative estimate of drug-likeness (QED) is 0.364. The molecule has 0 spiro atoms. The molecule has 1 aliphatic heterocycles. The van der Waals surface area contributed by atoms with Crippen LogP contribution < -0.4 is 9.47 Å². The maximum atomic E-state index is 11.9. The first-order valence-electron chi connectivity index (χ1n) is 9.07. The molecule has 0 bridgehead atoms. The average molecular weight is 389 g/mol. The lowest BCUT2D eigenvalue weighted by Gasteiger charge is -2.03. The van der Waals surface area contributed by atoms with Crippen molar-refractivity contribution in [1.82, 2.24) is 15.0 Å². The summed E-state index contributed by atoms with van der Waals surface area (Å²) in [5.74, 6) is 1.00. The summed E-state index contributed by atoms with van der Waals surface area (Å²) < 4.78 is 17.5. The molecule has 0 saturated carbocycles. The third-order valence-corrected chi connectivity index (χ3v) is 4.29. The molecule has 0 aliphatic carbocycles. The van der Waals surface area contributed by atoms with E-state index in [9.17, 15) is 4.79 Å². The minimum absolute atomic E-state index is 0.0565. The first-order chi connectivity index (χ1) is 14.2. The summed E-state index contributed by atoms with van der Waals surface area (Å²) >= 11 is 0. The molecule has 0 atom stereocenters. The highest BCUT2D eigenvalue weighted by Crippen LogP contribution is 2.32. The molecular formula is C22H19N3O4. The molecule has 4 rings (SSSR count). The third-order valence-electron chi connectivity index (χ3n) is 4.29. The second-order valence-electron chi connectivity index (χ2n) is 6.38. The molecular weight excluding hydrogens is 370 g/mol. The molecule has 2 heterocycles. The van der Waals surface area contributed by atoms with Crippen LogP contribution in [0.3, 0.4) is 0 Å². The summed E-state index contributed by atoms with van der Waals surface area (Å²) in [7, 11) is 0. The zero-order chi connectivity index (χ0) is 20.1. The van der Waals surface area contributed by atoms with Crippen LogP contribution in [0.1, 0.15) is 16.8 Å². The molecule has 29 heavy (non-hydrogen) atoms. The summed E-state index contributed by atoms with van der Waals surface area (Å²) in [6.45, 7) is 2.30. The maximum absolute atomic E-state index is 11.9. The number of aromatic nitrogens is 3. The monoisotopic (exact) mass is 389 g/mol. The number of rotatable bonds is 6. The van der Waals surface area contributed by atoms with E-state index in [2.05, 4.69) is 10.3 Å². The lowest BCUT2D eigenvalue weighted by atomic mass is 10.2. The number of nitrogens with zero attached hydrogens (tertiary/aromatic N) is 3. The van der Waals surface area contributed by atoms with Crippen LogP contribution in [0, 0.1) is 6.92 Å². The Morgan fingerprint density at radius 2 is 2.03 bits per heavy atom. The molecule has 7 nitrogen and oxygen atoms in total. The molecule has 0 radical (unpaired) electrons. The van der Waals surface area contributed by atoms with E-state index < -0.39 is 5.97 Å². The predicted octanol–water partition coefficient (Wildman–Crippen LogP) is 3.62. The van der Waals surface area contributed by atoms with Gasteiger partial charge in [-0.3, -0.25) is 0 Å². The highest BCUT2D eigenvalue weighted by Gasteiger charge is 2.12. The van der Waals surface area contributed by atoms with E-state index in [-0.39, 0.29) is 13.4 Å². The van der Waals surface area contributed by atoms with Gasteiger partial charge in [0.2, 0.25) is 6.79 Å². The fraction of sp³-hybridized carbons (Fsp3) is 0.136. The van der Waals surface area contributed by atoms with Gasteiger partial charge >= 0.3 is 5.97 Å². The van der Waals surface area contributed by atoms with E-state index >= 15 is 0 Å². The molecule has 2 aromatic carbocycles. The Bertz CT molecular complexity index is 1090.